The molecule has 0 aliphatic rings. The van der Waals surface area contributed by atoms with E-state index in [-0.39, 0.29) is 59.0 Å². The summed E-state index contributed by atoms with van der Waals surface area (Å²) in [5, 5.41) is 20.6. The molecule has 0 saturated carbocycles. The Kier molecular flexibility index (Phi) is 34.1. The van der Waals surface area contributed by atoms with Crippen molar-refractivity contribution in [1.29, 1.82) is 0 Å². The van der Waals surface area contributed by atoms with E-state index in [1.54, 1.807) is 24.0 Å². The number of carboxylic acids is 1. The number of ether oxygens (including phenoxy) is 3. The fraction of sp³-hybridized carbons (Fsp3) is 0.419. The smallest absolute Gasteiger partial charge is 0.416 e. The Bertz CT molecular complexity index is 2090. The number of carbonyl (C=O) groups excluding carboxylic acids is 2. The Morgan fingerprint density at radius 1 is 1.00 bits per heavy atom. The number of carbonyl (C=O) groups is 3. The van der Waals surface area contributed by atoms with Gasteiger partial charge in [-0.3, -0.25) is 34.7 Å². The standard InChI is InChI=1S/C15H11ClF3NO4.C14H20ClNO2.C8H11Cl2NO.C3H8NO5P.C3H9S/c1-2-23-14-8-10(4-5-12(14)20(21)22)24-13-6-3-9(7-11(13)16)15(17,18)19;1-4-12-8-6-7-11(3)14(12)16(10-18-5-2)13(17)9-15;1-3-5-11(6-4-2)8(12)7(9)10;5-3(6)1-4-2-10(7,8)9;1-4(2)3/h3-8H,2H2,1H3;6-8H,4-5,9-10H2,1-3H3;3-4,7H,1-2,5-6H2;4H,1-2H2,(H,5,6)(H2,7,8,9);1-3H3/q;;;;+1/p-1. The van der Waals surface area contributed by atoms with Gasteiger partial charge in [-0.15, -0.1) is 24.8 Å². The van der Waals surface area contributed by atoms with Gasteiger partial charge >= 0.3 is 17.8 Å². The number of hydrogen-bond donors (Lipinski definition) is 3. The van der Waals surface area contributed by atoms with Gasteiger partial charge in [0.25, 0.3) is 5.91 Å². The first-order valence-electron chi connectivity index (χ1n) is 19.9. The number of benzene rings is 3. The molecule has 0 aliphatic heterocycles. The third kappa shape index (κ3) is 28.4. The van der Waals surface area contributed by atoms with Gasteiger partial charge in [-0.1, -0.05) is 72.1 Å². The van der Waals surface area contributed by atoms with Crippen molar-refractivity contribution in [3.05, 3.63) is 112 Å². The van der Waals surface area contributed by atoms with Crippen molar-refractivity contribution in [2.45, 2.75) is 45.1 Å². The van der Waals surface area contributed by atoms with E-state index in [1.807, 2.05) is 37.4 Å². The topological polar surface area (TPSA) is 221 Å². The van der Waals surface area contributed by atoms with Crippen LogP contribution in [0.5, 0.6) is 17.2 Å². The fourth-order valence-corrected chi connectivity index (χ4v) is 5.82. The van der Waals surface area contributed by atoms with Crippen LogP contribution < -0.4 is 24.6 Å². The molecule has 0 fully saturated rings. The number of para-hydroxylation sites is 1. The third-order valence-electron chi connectivity index (χ3n) is 7.51. The average Bonchev–Trinajstić information content (AvgIpc) is 3.24. The van der Waals surface area contributed by atoms with Crippen LogP contribution in [0, 0.1) is 17.0 Å². The second-order valence-electron chi connectivity index (χ2n) is 13.5. The van der Waals surface area contributed by atoms with Crippen LogP contribution in [0.2, 0.25) is 5.02 Å². The van der Waals surface area contributed by atoms with E-state index in [1.165, 1.54) is 23.1 Å². The lowest BCUT2D eigenvalue weighted by atomic mass is 10.0. The van der Waals surface area contributed by atoms with Gasteiger partial charge in [0.2, 0.25) is 11.7 Å². The number of amides is 2. The number of anilines is 1. The number of carboxylic acid groups (broad SMARTS) is 1. The van der Waals surface area contributed by atoms with Crippen molar-refractivity contribution in [2.75, 3.05) is 75.4 Å². The molecule has 382 valence electrons. The lowest BCUT2D eigenvalue weighted by molar-refractivity contribution is -0.385. The molecule has 3 rings (SSSR count). The summed E-state index contributed by atoms with van der Waals surface area (Å²) in [6.45, 7) is 16.1. The Morgan fingerprint density at radius 2 is 1.59 bits per heavy atom. The summed E-state index contributed by atoms with van der Waals surface area (Å²) in [6, 6.07) is 12.4. The lowest BCUT2D eigenvalue weighted by Crippen LogP contribution is -2.35. The lowest BCUT2D eigenvalue weighted by Gasteiger charge is -2.25. The van der Waals surface area contributed by atoms with Crippen molar-refractivity contribution in [3.63, 3.8) is 0 Å². The monoisotopic (exact) mass is 1080 g/mol. The first-order chi connectivity index (χ1) is 31.6. The van der Waals surface area contributed by atoms with Crippen molar-refractivity contribution in [1.82, 2.24) is 10.2 Å². The number of nitrogens with one attached hydrogen (secondary N) is 1. The molecule has 0 heterocycles. The highest BCUT2D eigenvalue weighted by Crippen LogP contribution is 2.38. The number of nitro groups is 1. The summed E-state index contributed by atoms with van der Waals surface area (Å²) >= 11 is 22.3. The van der Waals surface area contributed by atoms with Crippen LogP contribution in [0.1, 0.15) is 37.5 Å². The van der Waals surface area contributed by atoms with E-state index in [9.17, 15) is 47.1 Å². The van der Waals surface area contributed by atoms with Crippen LogP contribution >= 0.6 is 54.0 Å². The molecule has 16 nitrogen and oxygen atoms in total. The highest BCUT2D eigenvalue weighted by Gasteiger charge is 2.31. The van der Waals surface area contributed by atoms with E-state index < -0.39 is 47.9 Å². The summed E-state index contributed by atoms with van der Waals surface area (Å²) in [7, 11) is -3.71. The summed E-state index contributed by atoms with van der Waals surface area (Å²) in [4.78, 5) is 63.3. The van der Waals surface area contributed by atoms with Crippen molar-refractivity contribution < 1.29 is 66.1 Å². The zero-order valence-corrected chi connectivity index (χ0v) is 43.3. The minimum absolute atomic E-state index is 0.0111. The molecular formula is C43H58Cl4F3N4O12PS. The van der Waals surface area contributed by atoms with Crippen LogP contribution in [0.3, 0.4) is 0 Å². The molecule has 0 aliphatic carbocycles. The zero-order chi connectivity index (χ0) is 52.8. The van der Waals surface area contributed by atoms with Crippen LogP contribution in [0.25, 0.3) is 0 Å². The van der Waals surface area contributed by atoms with Crippen molar-refractivity contribution >= 4 is 94.1 Å². The van der Waals surface area contributed by atoms with Crippen molar-refractivity contribution in [3.8, 4) is 17.2 Å². The maximum atomic E-state index is 12.6. The maximum absolute atomic E-state index is 12.6. The molecule has 1 unspecified atom stereocenters. The van der Waals surface area contributed by atoms with Gasteiger partial charge in [0.15, 0.2) is 4.84 Å². The molecule has 3 N–H and O–H groups in total. The molecule has 3 aromatic rings. The number of rotatable bonds is 20. The zero-order valence-electron chi connectivity index (χ0n) is 38.5. The molecule has 0 bridgehead atoms. The number of nitro benzene ring substituents is 1. The summed E-state index contributed by atoms with van der Waals surface area (Å²) < 4.78 is 63.7. The Hall–Kier alpha value is -4.08. The summed E-state index contributed by atoms with van der Waals surface area (Å²) in [5.41, 5.74) is 1.97. The molecule has 1 atom stereocenters. The minimum Gasteiger partial charge on any atom is -0.778 e. The van der Waals surface area contributed by atoms with Gasteiger partial charge in [-0.25, -0.2) is 0 Å². The highest BCUT2D eigenvalue weighted by molar-refractivity contribution is 7.94. The fourth-order valence-electron chi connectivity index (χ4n) is 4.78. The number of alkyl halides is 6. The summed E-state index contributed by atoms with van der Waals surface area (Å²) in [6.07, 6.45) is 5.45. The normalized spacial score (nSPS) is 11.3. The van der Waals surface area contributed by atoms with E-state index >= 15 is 0 Å². The Morgan fingerprint density at radius 3 is 2.01 bits per heavy atom. The number of aryl methyl sites for hydroxylation is 2. The second kappa shape index (κ2) is 35.1. The largest absolute Gasteiger partial charge is 0.778 e. The molecule has 0 saturated heterocycles. The average molecular weight is 1080 g/mol. The Labute approximate surface area is 418 Å². The predicted molar refractivity (Wildman–Crippen MR) is 264 cm³/mol. The maximum Gasteiger partial charge on any atom is 0.416 e. The molecule has 2 amide bonds. The first kappa shape index (κ1) is 66.0. The van der Waals surface area contributed by atoms with E-state index in [2.05, 4.69) is 38.8 Å². The quantitative estimate of drug-likeness (QED) is 0.0183. The number of halogens is 7. The summed E-state index contributed by atoms with van der Waals surface area (Å²) in [5.74, 6) is -1.54. The van der Waals surface area contributed by atoms with Crippen LogP contribution in [-0.4, -0.2) is 113 Å². The first-order valence-corrected chi connectivity index (χ1v) is 25.9. The van der Waals surface area contributed by atoms with E-state index in [0.29, 0.717) is 30.6 Å². The van der Waals surface area contributed by atoms with Crippen LogP contribution in [0.4, 0.5) is 24.5 Å². The Balaban J connectivity index is 0. The highest BCUT2D eigenvalue weighted by atomic mass is 35.5. The van der Waals surface area contributed by atoms with Crippen molar-refractivity contribution in [2.24, 2.45) is 0 Å². The van der Waals surface area contributed by atoms with Gasteiger partial charge in [0.1, 0.15) is 31.7 Å². The van der Waals surface area contributed by atoms with E-state index in [0.717, 1.165) is 41.4 Å². The van der Waals surface area contributed by atoms with Gasteiger partial charge in [-0.05, 0) is 73.5 Å². The number of hydrogen-bond acceptors (Lipinski definition) is 11. The number of aliphatic carboxylic acids is 1. The molecular weight excluding hydrogens is 1030 g/mol. The molecule has 68 heavy (non-hydrogen) atoms. The minimum atomic E-state index is -4.52. The van der Waals surface area contributed by atoms with Gasteiger partial charge < -0.3 is 38.6 Å². The SMILES string of the molecule is C=CCN(CC=C)C(=O)C(Cl)Cl.CCOCN(C(=O)CCl)c1c(C)cccc1CC.CCOc1cc(Oc2ccc(C(F)(F)F)cc2Cl)ccc1[N+](=O)[O-].C[S+](C)C.O=C(O)CNCP(=O)([O-])O. The molecule has 25 heteroatoms. The van der Waals surface area contributed by atoms with Gasteiger partial charge in [0, 0.05) is 31.8 Å². The molecule has 3 aromatic carbocycles. The third-order valence-corrected chi connectivity index (χ3v) is 9.03. The van der Waals surface area contributed by atoms with Crippen LogP contribution in [0.15, 0.2) is 79.9 Å². The van der Waals surface area contributed by atoms with Gasteiger partial charge in [-0.2, -0.15) is 13.2 Å². The molecule has 0 spiro atoms. The van der Waals surface area contributed by atoms with E-state index in [4.69, 9.17) is 70.6 Å². The molecule has 0 aromatic heterocycles. The number of nitrogens with zero attached hydrogens (tertiary/aromatic N) is 3. The predicted octanol–water partition coefficient (Wildman–Crippen LogP) is 9.23. The van der Waals surface area contributed by atoms with Gasteiger partial charge in [0.05, 0.1) is 59.4 Å². The molecule has 0 radical (unpaired) electrons. The van der Waals surface area contributed by atoms with Crippen LogP contribution in [-0.2, 0) is 47.2 Å². The second-order valence-corrected chi connectivity index (χ2v) is 19.4.